The summed E-state index contributed by atoms with van der Waals surface area (Å²) in [6.07, 6.45) is 0. The van der Waals surface area contributed by atoms with Gasteiger partial charge in [-0.15, -0.1) is 11.8 Å². The highest BCUT2D eigenvalue weighted by Gasteiger charge is 2.15. The van der Waals surface area contributed by atoms with Gasteiger partial charge in [-0.05, 0) is 31.5 Å². The van der Waals surface area contributed by atoms with Gasteiger partial charge in [0.05, 0.1) is 18.4 Å². The van der Waals surface area contributed by atoms with Crippen molar-refractivity contribution in [1.82, 2.24) is 5.32 Å². The Morgan fingerprint density at radius 2 is 2.10 bits per heavy atom. The lowest BCUT2D eigenvalue weighted by atomic mass is 10.1. The number of benzene rings is 1. The molecule has 1 aromatic carbocycles. The highest BCUT2D eigenvalue weighted by Crippen LogP contribution is 2.23. The number of carbonyl (C=O) groups excluding carboxylic acids is 1. The molecule has 1 rings (SSSR count). The molecule has 1 atom stereocenters. The van der Waals surface area contributed by atoms with E-state index in [1.807, 2.05) is 38.1 Å². The minimum Gasteiger partial charge on any atom is -0.494 e. The number of hydrogen-bond acceptors (Lipinski definition) is 3. The quantitative estimate of drug-likeness (QED) is 0.867. The summed E-state index contributed by atoms with van der Waals surface area (Å²) in [5.41, 5.74) is 1.06. The van der Waals surface area contributed by atoms with E-state index in [4.69, 9.17) is 4.74 Å². The Bertz CT molecular complexity index is 440. The molecule has 0 aliphatic heterocycles. The van der Waals surface area contributed by atoms with Gasteiger partial charge in [0.25, 0.3) is 0 Å². The molecule has 0 aromatic heterocycles. The van der Waals surface area contributed by atoms with E-state index in [-0.39, 0.29) is 16.7 Å². The fourth-order valence-electron chi connectivity index (χ4n) is 1.69. The van der Waals surface area contributed by atoms with Crippen LogP contribution in [0.2, 0.25) is 0 Å². The monoisotopic (exact) mass is 295 g/mol. The van der Waals surface area contributed by atoms with Crippen molar-refractivity contribution >= 4 is 17.7 Å². The van der Waals surface area contributed by atoms with Crippen LogP contribution < -0.4 is 10.1 Å². The Labute approximate surface area is 126 Å². The predicted molar refractivity (Wildman–Crippen MR) is 86.4 cm³/mol. The Morgan fingerprint density at radius 1 is 1.40 bits per heavy atom. The molecule has 0 bridgehead atoms. The van der Waals surface area contributed by atoms with Gasteiger partial charge in [0.15, 0.2) is 0 Å². The summed E-state index contributed by atoms with van der Waals surface area (Å²) >= 11 is 1.65. The summed E-state index contributed by atoms with van der Waals surface area (Å²) in [6, 6.07) is 7.85. The van der Waals surface area contributed by atoms with Crippen LogP contribution in [-0.4, -0.2) is 23.0 Å². The zero-order valence-corrected chi connectivity index (χ0v) is 13.8. The Balaban J connectivity index is 2.55. The van der Waals surface area contributed by atoms with Crippen LogP contribution in [0.1, 0.15) is 46.2 Å². The molecule has 20 heavy (non-hydrogen) atoms. The molecule has 0 saturated carbocycles. The third-order valence-corrected chi connectivity index (χ3v) is 3.96. The average Bonchev–Trinajstić information content (AvgIpc) is 2.36. The first kappa shape index (κ1) is 16.9. The molecule has 4 heteroatoms. The standard InChI is InChI=1S/C16H25NO2S/c1-6-19-14-9-7-8-13(10-14)12(2)17-15(18)11-20-16(3,4)5/h7-10,12H,6,11H2,1-5H3,(H,17,18). The summed E-state index contributed by atoms with van der Waals surface area (Å²) in [5.74, 6) is 1.40. The zero-order valence-electron chi connectivity index (χ0n) is 13.0. The molecule has 0 aliphatic rings. The van der Waals surface area contributed by atoms with Gasteiger partial charge in [-0.3, -0.25) is 4.79 Å². The second kappa shape index (κ2) is 7.58. The molecular weight excluding hydrogens is 270 g/mol. The van der Waals surface area contributed by atoms with E-state index in [0.717, 1.165) is 11.3 Å². The van der Waals surface area contributed by atoms with E-state index in [0.29, 0.717) is 12.4 Å². The van der Waals surface area contributed by atoms with Crippen LogP contribution in [0.15, 0.2) is 24.3 Å². The van der Waals surface area contributed by atoms with Gasteiger partial charge in [-0.1, -0.05) is 32.9 Å². The van der Waals surface area contributed by atoms with E-state index in [2.05, 4.69) is 26.1 Å². The van der Waals surface area contributed by atoms with Crippen molar-refractivity contribution in [2.24, 2.45) is 0 Å². The third kappa shape index (κ3) is 6.33. The summed E-state index contributed by atoms with van der Waals surface area (Å²) in [6.45, 7) is 10.9. The lowest BCUT2D eigenvalue weighted by molar-refractivity contribution is -0.119. The van der Waals surface area contributed by atoms with Crippen LogP contribution in [0.3, 0.4) is 0 Å². The summed E-state index contributed by atoms with van der Waals surface area (Å²) in [4.78, 5) is 11.9. The van der Waals surface area contributed by atoms with Gasteiger partial charge in [-0.2, -0.15) is 0 Å². The largest absolute Gasteiger partial charge is 0.494 e. The van der Waals surface area contributed by atoms with Crippen molar-refractivity contribution < 1.29 is 9.53 Å². The summed E-state index contributed by atoms with van der Waals surface area (Å²) < 4.78 is 5.58. The SMILES string of the molecule is CCOc1cccc(C(C)NC(=O)CSC(C)(C)C)c1. The average molecular weight is 295 g/mol. The van der Waals surface area contributed by atoms with Gasteiger partial charge in [0.2, 0.25) is 5.91 Å². The Kier molecular flexibility index (Phi) is 6.40. The van der Waals surface area contributed by atoms with Gasteiger partial charge < -0.3 is 10.1 Å². The maximum atomic E-state index is 11.9. The molecule has 112 valence electrons. The van der Waals surface area contributed by atoms with Crippen molar-refractivity contribution in [1.29, 1.82) is 0 Å². The predicted octanol–water partition coefficient (Wildman–Crippen LogP) is 3.79. The molecule has 1 aromatic rings. The maximum Gasteiger partial charge on any atom is 0.230 e. The molecule has 1 N–H and O–H groups in total. The number of carbonyl (C=O) groups is 1. The molecule has 0 heterocycles. The number of amides is 1. The topological polar surface area (TPSA) is 38.3 Å². The molecule has 3 nitrogen and oxygen atoms in total. The number of ether oxygens (including phenoxy) is 1. The maximum absolute atomic E-state index is 11.9. The fourth-order valence-corrected chi connectivity index (χ4v) is 2.34. The van der Waals surface area contributed by atoms with Crippen LogP contribution >= 0.6 is 11.8 Å². The molecule has 0 radical (unpaired) electrons. The fraction of sp³-hybridized carbons (Fsp3) is 0.562. The second-order valence-electron chi connectivity index (χ2n) is 5.70. The van der Waals surface area contributed by atoms with Gasteiger partial charge in [0.1, 0.15) is 5.75 Å². The van der Waals surface area contributed by atoms with Gasteiger partial charge in [-0.25, -0.2) is 0 Å². The number of rotatable bonds is 6. The van der Waals surface area contributed by atoms with Gasteiger partial charge in [0, 0.05) is 4.75 Å². The van der Waals surface area contributed by atoms with E-state index in [1.54, 1.807) is 11.8 Å². The van der Waals surface area contributed by atoms with E-state index in [1.165, 1.54) is 0 Å². The first-order chi connectivity index (χ1) is 9.31. The van der Waals surface area contributed by atoms with E-state index >= 15 is 0 Å². The summed E-state index contributed by atoms with van der Waals surface area (Å²) in [7, 11) is 0. The van der Waals surface area contributed by atoms with Crippen LogP contribution in [0.5, 0.6) is 5.75 Å². The van der Waals surface area contributed by atoms with Crippen LogP contribution in [0.4, 0.5) is 0 Å². The normalized spacial score (nSPS) is 12.8. The number of hydrogen-bond donors (Lipinski definition) is 1. The molecule has 0 fully saturated rings. The Morgan fingerprint density at radius 3 is 2.70 bits per heavy atom. The van der Waals surface area contributed by atoms with Crippen LogP contribution in [-0.2, 0) is 4.79 Å². The minimum absolute atomic E-state index is 0.0107. The zero-order chi connectivity index (χ0) is 15.2. The minimum atomic E-state index is -0.0107. The molecule has 0 spiro atoms. The molecule has 0 saturated heterocycles. The lowest BCUT2D eigenvalue weighted by Gasteiger charge is -2.19. The molecule has 1 amide bonds. The number of nitrogens with one attached hydrogen (secondary N) is 1. The molecule has 0 aliphatic carbocycles. The highest BCUT2D eigenvalue weighted by atomic mass is 32.2. The van der Waals surface area contributed by atoms with E-state index in [9.17, 15) is 4.79 Å². The highest BCUT2D eigenvalue weighted by molar-refractivity contribution is 8.01. The first-order valence-corrected chi connectivity index (χ1v) is 7.96. The van der Waals surface area contributed by atoms with E-state index < -0.39 is 0 Å². The summed E-state index contributed by atoms with van der Waals surface area (Å²) in [5, 5.41) is 3.02. The molecular formula is C16H25NO2S. The van der Waals surface area contributed by atoms with Gasteiger partial charge >= 0.3 is 0 Å². The Hall–Kier alpha value is -1.16. The van der Waals surface area contributed by atoms with Crippen molar-refractivity contribution in [3.63, 3.8) is 0 Å². The van der Waals surface area contributed by atoms with Crippen LogP contribution in [0, 0.1) is 0 Å². The van der Waals surface area contributed by atoms with Crippen molar-refractivity contribution in [2.45, 2.75) is 45.4 Å². The van der Waals surface area contributed by atoms with Crippen molar-refractivity contribution in [3.8, 4) is 5.75 Å². The smallest absolute Gasteiger partial charge is 0.230 e. The van der Waals surface area contributed by atoms with Crippen molar-refractivity contribution in [2.75, 3.05) is 12.4 Å². The second-order valence-corrected chi connectivity index (χ2v) is 7.50. The van der Waals surface area contributed by atoms with Crippen LogP contribution in [0.25, 0.3) is 0 Å². The number of thioether (sulfide) groups is 1. The molecule has 1 unspecified atom stereocenters. The first-order valence-electron chi connectivity index (χ1n) is 6.98. The third-order valence-electron chi connectivity index (χ3n) is 2.68. The lowest BCUT2D eigenvalue weighted by Crippen LogP contribution is -2.29. The van der Waals surface area contributed by atoms with Crippen molar-refractivity contribution in [3.05, 3.63) is 29.8 Å².